The quantitative estimate of drug-likeness (QED) is 0.772. The van der Waals surface area contributed by atoms with Crippen LogP contribution in [0.1, 0.15) is 35.3 Å². The monoisotopic (exact) mass is 396 g/mol. The van der Waals surface area contributed by atoms with Gasteiger partial charge in [0.05, 0.1) is 6.04 Å². The predicted octanol–water partition coefficient (Wildman–Crippen LogP) is 4.49. The number of carbonyl (C=O) groups is 1. The summed E-state index contributed by atoms with van der Waals surface area (Å²) < 4.78 is 1.68. The number of benzene rings is 1. The van der Waals surface area contributed by atoms with E-state index in [0.29, 0.717) is 10.2 Å². The molecular weight excluding hydrogens is 384 g/mol. The number of hydrogen-bond donors (Lipinski definition) is 1. The summed E-state index contributed by atoms with van der Waals surface area (Å²) >= 11 is 6.68. The summed E-state index contributed by atoms with van der Waals surface area (Å²) in [6.45, 7) is 2.05. The molecule has 20 heavy (non-hydrogen) atoms. The van der Waals surface area contributed by atoms with Gasteiger partial charge in [0, 0.05) is 16.2 Å². The molecule has 1 atom stereocenters. The zero-order valence-corrected chi connectivity index (χ0v) is 14.1. The highest BCUT2D eigenvalue weighted by molar-refractivity contribution is 9.10. The molecule has 0 radical (unpaired) electrons. The van der Waals surface area contributed by atoms with E-state index in [1.54, 1.807) is 18.3 Å². The van der Waals surface area contributed by atoms with Gasteiger partial charge in [-0.05, 0) is 52.2 Å². The summed E-state index contributed by atoms with van der Waals surface area (Å²) in [5.74, 6) is -0.0946. The molecule has 2 aromatic rings. The number of rotatable bonds is 4. The second-order valence-corrected chi connectivity index (χ2v) is 6.08. The van der Waals surface area contributed by atoms with E-state index in [2.05, 4.69) is 49.1 Å². The van der Waals surface area contributed by atoms with Crippen molar-refractivity contribution in [3.05, 3.63) is 62.8 Å². The van der Waals surface area contributed by atoms with Crippen LogP contribution < -0.4 is 5.32 Å². The van der Waals surface area contributed by atoms with Crippen LogP contribution in [0.15, 0.2) is 51.7 Å². The Bertz CT molecular complexity index is 599. The Kier molecular flexibility index (Phi) is 5.31. The highest BCUT2D eigenvalue weighted by Gasteiger charge is 2.14. The maximum atomic E-state index is 12.2. The SMILES string of the molecule is CCC(NC(=O)c1ccnc(Br)c1)c1ccc(Br)cc1. The van der Waals surface area contributed by atoms with Gasteiger partial charge in [-0.25, -0.2) is 4.98 Å². The number of halogens is 2. The van der Waals surface area contributed by atoms with Crippen LogP contribution in [0.5, 0.6) is 0 Å². The number of aromatic nitrogens is 1. The number of pyridine rings is 1. The molecule has 1 N–H and O–H groups in total. The van der Waals surface area contributed by atoms with E-state index in [1.165, 1.54) is 0 Å². The Morgan fingerprint density at radius 3 is 2.55 bits per heavy atom. The Morgan fingerprint density at radius 2 is 1.95 bits per heavy atom. The molecule has 1 heterocycles. The molecule has 104 valence electrons. The molecule has 0 aliphatic heterocycles. The first kappa shape index (κ1) is 15.2. The molecule has 0 fully saturated rings. The minimum absolute atomic E-state index is 0.00235. The molecule has 0 saturated heterocycles. The van der Waals surface area contributed by atoms with E-state index >= 15 is 0 Å². The van der Waals surface area contributed by atoms with Crippen molar-refractivity contribution in [3.63, 3.8) is 0 Å². The molecule has 5 heteroatoms. The minimum atomic E-state index is -0.0946. The smallest absolute Gasteiger partial charge is 0.251 e. The van der Waals surface area contributed by atoms with Crippen molar-refractivity contribution >= 4 is 37.8 Å². The molecule has 1 aromatic carbocycles. The molecule has 0 saturated carbocycles. The standard InChI is InChI=1S/C15H14Br2N2O/c1-2-13(10-3-5-12(16)6-4-10)19-15(20)11-7-8-18-14(17)9-11/h3-9,13H,2H2,1H3,(H,19,20). The van der Waals surface area contributed by atoms with Crippen LogP contribution in [0.2, 0.25) is 0 Å². The Labute approximate surface area is 135 Å². The van der Waals surface area contributed by atoms with Gasteiger partial charge in [-0.3, -0.25) is 4.79 Å². The molecule has 1 aromatic heterocycles. The molecule has 3 nitrogen and oxygen atoms in total. The Balaban J connectivity index is 2.14. The van der Waals surface area contributed by atoms with E-state index in [4.69, 9.17) is 0 Å². The second-order valence-electron chi connectivity index (χ2n) is 4.35. The summed E-state index contributed by atoms with van der Waals surface area (Å²) in [6, 6.07) is 11.4. The first-order valence-electron chi connectivity index (χ1n) is 6.28. The van der Waals surface area contributed by atoms with Gasteiger partial charge in [-0.15, -0.1) is 0 Å². The first-order valence-corrected chi connectivity index (χ1v) is 7.86. The molecule has 0 aliphatic rings. The number of nitrogens with zero attached hydrogens (tertiary/aromatic N) is 1. The Hall–Kier alpha value is -1.20. The lowest BCUT2D eigenvalue weighted by molar-refractivity contribution is 0.0935. The van der Waals surface area contributed by atoms with E-state index in [-0.39, 0.29) is 11.9 Å². The van der Waals surface area contributed by atoms with Gasteiger partial charge in [-0.1, -0.05) is 35.0 Å². The van der Waals surface area contributed by atoms with Crippen LogP contribution in [-0.4, -0.2) is 10.9 Å². The summed E-state index contributed by atoms with van der Waals surface area (Å²) in [5, 5.41) is 3.04. The Morgan fingerprint density at radius 1 is 1.25 bits per heavy atom. The molecule has 1 unspecified atom stereocenters. The van der Waals surface area contributed by atoms with E-state index in [0.717, 1.165) is 16.5 Å². The van der Waals surface area contributed by atoms with Crippen LogP contribution in [0.4, 0.5) is 0 Å². The molecule has 1 amide bonds. The van der Waals surface area contributed by atoms with Crippen molar-refractivity contribution in [2.45, 2.75) is 19.4 Å². The van der Waals surface area contributed by atoms with Gasteiger partial charge in [0.25, 0.3) is 5.91 Å². The summed E-state index contributed by atoms with van der Waals surface area (Å²) in [6.07, 6.45) is 2.44. The lowest BCUT2D eigenvalue weighted by Gasteiger charge is -2.17. The number of amides is 1. The van der Waals surface area contributed by atoms with Crippen molar-refractivity contribution in [2.24, 2.45) is 0 Å². The topological polar surface area (TPSA) is 42.0 Å². The lowest BCUT2D eigenvalue weighted by Crippen LogP contribution is -2.28. The predicted molar refractivity (Wildman–Crippen MR) is 86.6 cm³/mol. The van der Waals surface area contributed by atoms with Gasteiger partial charge in [0.15, 0.2) is 0 Å². The van der Waals surface area contributed by atoms with E-state index in [1.807, 2.05) is 24.3 Å². The molecule has 0 bridgehead atoms. The van der Waals surface area contributed by atoms with Crippen LogP contribution in [-0.2, 0) is 0 Å². The number of hydrogen-bond acceptors (Lipinski definition) is 2. The van der Waals surface area contributed by atoms with Gasteiger partial charge >= 0.3 is 0 Å². The third kappa shape index (κ3) is 3.90. The van der Waals surface area contributed by atoms with Crippen molar-refractivity contribution < 1.29 is 4.79 Å². The van der Waals surface area contributed by atoms with Gasteiger partial charge < -0.3 is 5.32 Å². The van der Waals surface area contributed by atoms with Crippen molar-refractivity contribution in [1.82, 2.24) is 10.3 Å². The molecule has 0 aliphatic carbocycles. The highest BCUT2D eigenvalue weighted by Crippen LogP contribution is 2.20. The van der Waals surface area contributed by atoms with E-state index < -0.39 is 0 Å². The van der Waals surface area contributed by atoms with Gasteiger partial charge in [0.1, 0.15) is 4.60 Å². The molecular formula is C15H14Br2N2O. The largest absolute Gasteiger partial charge is 0.345 e. The zero-order valence-electron chi connectivity index (χ0n) is 10.9. The summed E-state index contributed by atoms with van der Waals surface area (Å²) in [7, 11) is 0. The maximum Gasteiger partial charge on any atom is 0.251 e. The average Bonchev–Trinajstić information content (AvgIpc) is 2.45. The number of nitrogens with one attached hydrogen (secondary N) is 1. The molecule has 0 spiro atoms. The first-order chi connectivity index (χ1) is 9.60. The summed E-state index contributed by atoms with van der Waals surface area (Å²) in [4.78, 5) is 16.3. The van der Waals surface area contributed by atoms with Crippen LogP contribution >= 0.6 is 31.9 Å². The molecule has 2 rings (SSSR count). The third-order valence-corrected chi connectivity index (χ3v) is 3.94. The highest BCUT2D eigenvalue weighted by atomic mass is 79.9. The van der Waals surface area contributed by atoms with E-state index in [9.17, 15) is 4.79 Å². The lowest BCUT2D eigenvalue weighted by atomic mass is 10.0. The second kappa shape index (κ2) is 6.99. The van der Waals surface area contributed by atoms with Crippen LogP contribution in [0, 0.1) is 0 Å². The normalized spacial score (nSPS) is 11.9. The van der Waals surface area contributed by atoms with Crippen LogP contribution in [0.25, 0.3) is 0 Å². The summed E-state index contributed by atoms with van der Waals surface area (Å²) in [5.41, 5.74) is 1.69. The van der Waals surface area contributed by atoms with Gasteiger partial charge in [0.2, 0.25) is 0 Å². The zero-order chi connectivity index (χ0) is 14.5. The fourth-order valence-electron chi connectivity index (χ4n) is 1.90. The minimum Gasteiger partial charge on any atom is -0.345 e. The van der Waals surface area contributed by atoms with Gasteiger partial charge in [-0.2, -0.15) is 0 Å². The maximum absolute atomic E-state index is 12.2. The fraction of sp³-hybridized carbons (Fsp3) is 0.200. The van der Waals surface area contributed by atoms with Crippen molar-refractivity contribution in [1.29, 1.82) is 0 Å². The third-order valence-electron chi connectivity index (χ3n) is 2.97. The average molecular weight is 398 g/mol. The fourth-order valence-corrected chi connectivity index (χ4v) is 2.53. The van der Waals surface area contributed by atoms with Crippen LogP contribution in [0.3, 0.4) is 0 Å². The number of carbonyl (C=O) groups excluding carboxylic acids is 1. The van der Waals surface area contributed by atoms with Crippen molar-refractivity contribution in [2.75, 3.05) is 0 Å². The van der Waals surface area contributed by atoms with Crippen molar-refractivity contribution in [3.8, 4) is 0 Å².